The van der Waals surface area contributed by atoms with Crippen LogP contribution in [0.3, 0.4) is 0 Å². The van der Waals surface area contributed by atoms with Gasteiger partial charge in [0.1, 0.15) is 12.4 Å². The molecule has 2 rings (SSSR count). The SMILES string of the molecule is Cc1ccc(OCC2=CSC(C)N2)cc1. The minimum atomic E-state index is 0.474. The smallest absolute Gasteiger partial charge is 0.128 e. The maximum atomic E-state index is 5.65. The molecule has 1 aromatic rings. The maximum Gasteiger partial charge on any atom is 0.128 e. The lowest BCUT2D eigenvalue weighted by molar-refractivity contribution is 0.343. The summed E-state index contributed by atoms with van der Waals surface area (Å²) in [6.07, 6.45) is 0. The first-order chi connectivity index (χ1) is 7.24. The minimum Gasteiger partial charge on any atom is -0.487 e. The number of ether oxygens (including phenoxy) is 1. The molecular formula is C12H15NOS. The van der Waals surface area contributed by atoms with Gasteiger partial charge in [-0.15, -0.1) is 11.8 Å². The summed E-state index contributed by atoms with van der Waals surface area (Å²) in [5.74, 6) is 0.924. The highest BCUT2D eigenvalue weighted by molar-refractivity contribution is 8.02. The highest BCUT2D eigenvalue weighted by atomic mass is 32.2. The summed E-state index contributed by atoms with van der Waals surface area (Å²) < 4.78 is 5.65. The average Bonchev–Trinajstić information content (AvgIpc) is 2.64. The molecule has 1 heterocycles. The van der Waals surface area contributed by atoms with Crippen molar-refractivity contribution < 1.29 is 4.74 Å². The normalized spacial score (nSPS) is 19.6. The van der Waals surface area contributed by atoms with Crippen LogP contribution in [0.15, 0.2) is 35.4 Å². The number of thioether (sulfide) groups is 1. The molecule has 0 aliphatic carbocycles. The first-order valence-electron chi connectivity index (χ1n) is 5.04. The Morgan fingerprint density at radius 2 is 2.07 bits per heavy atom. The second kappa shape index (κ2) is 4.62. The van der Waals surface area contributed by atoms with Crippen molar-refractivity contribution in [2.75, 3.05) is 6.61 Å². The van der Waals surface area contributed by atoms with Crippen LogP contribution < -0.4 is 10.1 Å². The molecule has 1 aromatic carbocycles. The first kappa shape index (κ1) is 10.4. The van der Waals surface area contributed by atoms with Crippen LogP contribution >= 0.6 is 11.8 Å². The van der Waals surface area contributed by atoms with E-state index in [9.17, 15) is 0 Å². The van der Waals surface area contributed by atoms with Gasteiger partial charge in [-0.2, -0.15) is 0 Å². The standard InChI is InChI=1S/C12H15NOS/c1-9-3-5-12(6-4-9)14-7-11-8-15-10(2)13-11/h3-6,8,10,13H,7H2,1-2H3. The lowest BCUT2D eigenvalue weighted by Crippen LogP contribution is -2.20. The molecule has 0 saturated carbocycles. The molecule has 15 heavy (non-hydrogen) atoms. The fraction of sp³-hybridized carbons (Fsp3) is 0.333. The number of hydrogen-bond donors (Lipinski definition) is 1. The van der Waals surface area contributed by atoms with Gasteiger partial charge in [-0.05, 0) is 31.4 Å². The Balaban J connectivity index is 1.86. The molecule has 3 heteroatoms. The highest BCUT2D eigenvalue weighted by Crippen LogP contribution is 2.20. The van der Waals surface area contributed by atoms with E-state index in [1.165, 1.54) is 5.56 Å². The summed E-state index contributed by atoms with van der Waals surface area (Å²) in [5.41, 5.74) is 2.41. The van der Waals surface area contributed by atoms with Crippen molar-refractivity contribution in [1.29, 1.82) is 0 Å². The van der Waals surface area contributed by atoms with E-state index in [4.69, 9.17) is 4.74 Å². The van der Waals surface area contributed by atoms with Crippen molar-refractivity contribution in [3.63, 3.8) is 0 Å². The zero-order valence-electron chi connectivity index (χ0n) is 8.99. The number of hydrogen-bond acceptors (Lipinski definition) is 3. The molecule has 1 aliphatic heterocycles. The Morgan fingerprint density at radius 3 is 2.67 bits per heavy atom. The van der Waals surface area contributed by atoms with Crippen LogP contribution in [-0.2, 0) is 0 Å². The van der Waals surface area contributed by atoms with Crippen LogP contribution in [0.2, 0.25) is 0 Å². The van der Waals surface area contributed by atoms with Gasteiger partial charge >= 0.3 is 0 Å². The minimum absolute atomic E-state index is 0.474. The Kier molecular flexibility index (Phi) is 3.21. The van der Waals surface area contributed by atoms with Crippen molar-refractivity contribution in [3.8, 4) is 5.75 Å². The predicted molar refractivity (Wildman–Crippen MR) is 64.9 cm³/mol. The maximum absolute atomic E-state index is 5.65. The molecule has 0 aromatic heterocycles. The van der Waals surface area contributed by atoms with Crippen LogP contribution in [0.1, 0.15) is 12.5 Å². The molecule has 1 unspecified atom stereocenters. The molecule has 1 N–H and O–H groups in total. The number of aryl methyl sites for hydroxylation is 1. The molecule has 0 spiro atoms. The molecular weight excluding hydrogens is 206 g/mol. The second-order valence-electron chi connectivity index (χ2n) is 3.67. The van der Waals surface area contributed by atoms with E-state index < -0.39 is 0 Å². The summed E-state index contributed by atoms with van der Waals surface area (Å²) in [4.78, 5) is 0. The van der Waals surface area contributed by atoms with E-state index in [1.54, 1.807) is 11.8 Å². The van der Waals surface area contributed by atoms with Gasteiger partial charge in [0.15, 0.2) is 0 Å². The lowest BCUT2D eigenvalue weighted by atomic mass is 10.2. The van der Waals surface area contributed by atoms with Gasteiger partial charge in [0, 0.05) is 0 Å². The third-order valence-corrected chi connectivity index (χ3v) is 3.17. The monoisotopic (exact) mass is 221 g/mol. The Bertz CT molecular complexity index is 358. The zero-order chi connectivity index (χ0) is 10.7. The topological polar surface area (TPSA) is 21.3 Å². The summed E-state index contributed by atoms with van der Waals surface area (Å²) in [5, 5.41) is 5.93. The van der Waals surface area contributed by atoms with Crippen molar-refractivity contribution in [1.82, 2.24) is 5.32 Å². The fourth-order valence-electron chi connectivity index (χ4n) is 1.38. The van der Waals surface area contributed by atoms with Crippen LogP contribution in [0.25, 0.3) is 0 Å². The Morgan fingerprint density at radius 1 is 1.33 bits per heavy atom. The average molecular weight is 221 g/mol. The van der Waals surface area contributed by atoms with Crippen LogP contribution in [0.4, 0.5) is 0 Å². The van der Waals surface area contributed by atoms with Gasteiger partial charge in [0.05, 0.1) is 11.1 Å². The fourth-order valence-corrected chi connectivity index (χ4v) is 2.11. The number of benzene rings is 1. The largest absolute Gasteiger partial charge is 0.487 e. The molecule has 0 bridgehead atoms. The van der Waals surface area contributed by atoms with E-state index in [0.717, 1.165) is 11.4 Å². The van der Waals surface area contributed by atoms with Gasteiger partial charge in [-0.25, -0.2) is 0 Å². The van der Waals surface area contributed by atoms with Crippen LogP contribution in [0, 0.1) is 6.92 Å². The molecule has 0 saturated heterocycles. The number of nitrogens with one attached hydrogen (secondary N) is 1. The highest BCUT2D eigenvalue weighted by Gasteiger charge is 2.11. The summed E-state index contributed by atoms with van der Waals surface area (Å²) in [7, 11) is 0. The molecule has 0 amide bonds. The molecule has 0 radical (unpaired) electrons. The Hall–Kier alpha value is -1.09. The second-order valence-corrected chi connectivity index (χ2v) is 4.88. The predicted octanol–water partition coefficient (Wildman–Crippen LogP) is 2.90. The van der Waals surface area contributed by atoms with E-state index >= 15 is 0 Å². The molecule has 80 valence electrons. The Labute approximate surface area is 94.7 Å². The lowest BCUT2D eigenvalue weighted by Gasteiger charge is -2.09. The first-order valence-corrected chi connectivity index (χ1v) is 5.99. The van der Waals surface area contributed by atoms with E-state index in [-0.39, 0.29) is 0 Å². The van der Waals surface area contributed by atoms with Gasteiger partial charge in [-0.1, -0.05) is 17.7 Å². The van der Waals surface area contributed by atoms with Crippen LogP contribution in [0.5, 0.6) is 5.75 Å². The third-order valence-electron chi connectivity index (χ3n) is 2.22. The van der Waals surface area contributed by atoms with Crippen molar-refractivity contribution in [2.45, 2.75) is 19.2 Å². The molecule has 1 atom stereocenters. The number of rotatable bonds is 3. The molecule has 2 nitrogen and oxygen atoms in total. The quantitative estimate of drug-likeness (QED) is 0.848. The van der Waals surface area contributed by atoms with E-state index in [2.05, 4.69) is 36.7 Å². The van der Waals surface area contributed by atoms with Gasteiger partial charge in [-0.3, -0.25) is 0 Å². The summed E-state index contributed by atoms with van der Waals surface area (Å²) in [6, 6.07) is 8.12. The van der Waals surface area contributed by atoms with Crippen LogP contribution in [-0.4, -0.2) is 12.0 Å². The van der Waals surface area contributed by atoms with E-state index in [1.807, 2.05) is 12.1 Å². The van der Waals surface area contributed by atoms with Crippen molar-refractivity contribution in [3.05, 3.63) is 40.9 Å². The van der Waals surface area contributed by atoms with Gasteiger partial charge in [0.2, 0.25) is 0 Å². The third kappa shape index (κ3) is 2.93. The van der Waals surface area contributed by atoms with Crippen molar-refractivity contribution >= 4 is 11.8 Å². The molecule has 1 aliphatic rings. The van der Waals surface area contributed by atoms with Crippen molar-refractivity contribution in [2.24, 2.45) is 0 Å². The van der Waals surface area contributed by atoms with Gasteiger partial charge < -0.3 is 10.1 Å². The summed E-state index contributed by atoms with van der Waals surface area (Å²) >= 11 is 1.79. The molecule has 0 fully saturated rings. The van der Waals surface area contributed by atoms with Gasteiger partial charge in [0.25, 0.3) is 0 Å². The summed E-state index contributed by atoms with van der Waals surface area (Å²) in [6.45, 7) is 4.84. The van der Waals surface area contributed by atoms with E-state index in [0.29, 0.717) is 12.0 Å². The zero-order valence-corrected chi connectivity index (χ0v) is 9.80.